The number of nitrogens with one attached hydrogen (secondary N) is 3. The standard InChI is InChI=1S/C30H33N5O5/c1-19(2)15-25(28(37)34-29(38)40-30(3,4)5)33-26-17-23(27(36)35-39)16-24(32-26)22-12-10-20(11-13-22)8-9-21-7-6-14-31-18-21/h6-7,10-14,16-19,25,39H,15H2,1-5H3,(H,32,33)(H,35,36)(H,34,37,38)/t25-/m0/s1. The van der Waals surface area contributed by atoms with Gasteiger partial charge in [-0.05, 0) is 69.5 Å². The van der Waals surface area contributed by atoms with Crippen molar-refractivity contribution in [1.29, 1.82) is 0 Å². The summed E-state index contributed by atoms with van der Waals surface area (Å²) in [5.41, 5.74) is 3.64. The topological polar surface area (TPSA) is 143 Å². The molecule has 208 valence electrons. The first-order valence-electron chi connectivity index (χ1n) is 12.7. The predicted octanol–water partition coefficient (Wildman–Crippen LogP) is 4.54. The second-order valence-electron chi connectivity index (χ2n) is 10.5. The summed E-state index contributed by atoms with van der Waals surface area (Å²) in [5.74, 6) is 5.07. The lowest BCUT2D eigenvalue weighted by Gasteiger charge is -2.23. The maximum Gasteiger partial charge on any atom is 0.414 e. The van der Waals surface area contributed by atoms with E-state index in [1.807, 2.05) is 38.1 Å². The average Bonchev–Trinajstić information content (AvgIpc) is 2.90. The van der Waals surface area contributed by atoms with Crippen LogP contribution in [-0.2, 0) is 9.53 Å². The molecule has 2 aromatic heterocycles. The van der Waals surface area contributed by atoms with Gasteiger partial charge in [-0.2, -0.15) is 0 Å². The number of imide groups is 1. The van der Waals surface area contributed by atoms with E-state index in [0.717, 1.165) is 11.1 Å². The summed E-state index contributed by atoms with van der Waals surface area (Å²) in [6, 6.07) is 13.0. The minimum Gasteiger partial charge on any atom is -0.444 e. The Labute approximate surface area is 233 Å². The lowest BCUT2D eigenvalue weighted by atomic mass is 10.0. The smallest absolute Gasteiger partial charge is 0.414 e. The highest BCUT2D eigenvalue weighted by Gasteiger charge is 2.25. The van der Waals surface area contributed by atoms with Crippen LogP contribution in [0, 0.1) is 17.8 Å². The van der Waals surface area contributed by atoms with Crippen molar-refractivity contribution in [2.45, 2.75) is 52.7 Å². The zero-order chi connectivity index (χ0) is 29.3. The molecule has 0 aliphatic carbocycles. The molecule has 0 fully saturated rings. The second-order valence-corrected chi connectivity index (χ2v) is 10.5. The summed E-state index contributed by atoms with van der Waals surface area (Å²) in [5, 5.41) is 14.5. The van der Waals surface area contributed by atoms with Gasteiger partial charge in [-0.15, -0.1) is 0 Å². The molecule has 40 heavy (non-hydrogen) atoms. The number of hydrogen-bond donors (Lipinski definition) is 4. The van der Waals surface area contributed by atoms with Crippen LogP contribution in [0.2, 0.25) is 0 Å². The number of carbonyl (C=O) groups excluding carboxylic acids is 3. The molecule has 10 nitrogen and oxygen atoms in total. The van der Waals surface area contributed by atoms with E-state index in [-0.39, 0.29) is 17.3 Å². The van der Waals surface area contributed by atoms with Gasteiger partial charge in [0, 0.05) is 34.6 Å². The third kappa shape index (κ3) is 9.22. The fourth-order valence-corrected chi connectivity index (χ4v) is 3.63. The number of anilines is 1. The zero-order valence-corrected chi connectivity index (χ0v) is 23.1. The summed E-state index contributed by atoms with van der Waals surface area (Å²) in [6.45, 7) is 8.96. The number of hydroxylamine groups is 1. The SMILES string of the molecule is CC(C)C[C@H](Nc1cc(C(=O)NO)cc(-c2ccc(C#Cc3cccnc3)cc2)n1)C(=O)NC(=O)OC(C)(C)C. The third-order valence-corrected chi connectivity index (χ3v) is 5.35. The van der Waals surface area contributed by atoms with Gasteiger partial charge in [0.1, 0.15) is 17.5 Å². The second kappa shape index (κ2) is 13.4. The number of pyridine rings is 2. The highest BCUT2D eigenvalue weighted by Crippen LogP contribution is 2.23. The first-order chi connectivity index (χ1) is 18.9. The number of rotatable bonds is 7. The number of amides is 3. The van der Waals surface area contributed by atoms with E-state index < -0.39 is 29.6 Å². The molecule has 0 aliphatic rings. The molecule has 0 bridgehead atoms. The van der Waals surface area contributed by atoms with E-state index >= 15 is 0 Å². The molecule has 0 unspecified atom stereocenters. The summed E-state index contributed by atoms with van der Waals surface area (Å²) in [7, 11) is 0. The lowest BCUT2D eigenvalue weighted by Crippen LogP contribution is -2.45. The number of carbonyl (C=O) groups is 3. The first-order valence-corrected chi connectivity index (χ1v) is 12.7. The van der Waals surface area contributed by atoms with Crippen LogP contribution in [0.25, 0.3) is 11.3 Å². The Morgan fingerprint density at radius 1 is 1.02 bits per heavy atom. The molecule has 1 aromatic carbocycles. The molecule has 1 atom stereocenters. The molecule has 10 heteroatoms. The summed E-state index contributed by atoms with van der Waals surface area (Å²) in [6.07, 6.45) is 2.87. The Hall–Kier alpha value is -4.75. The van der Waals surface area contributed by atoms with E-state index in [1.165, 1.54) is 12.1 Å². The van der Waals surface area contributed by atoms with Gasteiger partial charge in [0.05, 0.1) is 5.69 Å². The molecule has 0 saturated carbocycles. The summed E-state index contributed by atoms with van der Waals surface area (Å²) < 4.78 is 5.20. The molecule has 4 N–H and O–H groups in total. The predicted molar refractivity (Wildman–Crippen MR) is 150 cm³/mol. The van der Waals surface area contributed by atoms with Crippen LogP contribution in [0.3, 0.4) is 0 Å². The Morgan fingerprint density at radius 2 is 1.73 bits per heavy atom. The Bertz CT molecular complexity index is 1400. The average molecular weight is 544 g/mol. The van der Waals surface area contributed by atoms with Crippen molar-refractivity contribution in [3.05, 3.63) is 77.6 Å². The van der Waals surface area contributed by atoms with E-state index in [9.17, 15) is 19.6 Å². The van der Waals surface area contributed by atoms with E-state index in [0.29, 0.717) is 17.7 Å². The van der Waals surface area contributed by atoms with Crippen molar-refractivity contribution >= 4 is 23.7 Å². The Morgan fingerprint density at radius 3 is 2.33 bits per heavy atom. The molecular formula is C30H33N5O5. The van der Waals surface area contributed by atoms with Crippen molar-refractivity contribution < 1.29 is 24.3 Å². The molecule has 0 saturated heterocycles. The van der Waals surface area contributed by atoms with Crippen LogP contribution < -0.4 is 16.1 Å². The minimum atomic E-state index is -0.859. The van der Waals surface area contributed by atoms with Crippen LogP contribution in [-0.4, -0.2) is 44.7 Å². The quantitative estimate of drug-likeness (QED) is 0.193. The maximum absolute atomic E-state index is 13.0. The molecule has 0 aliphatic heterocycles. The fraction of sp³-hybridized carbons (Fsp3) is 0.300. The van der Waals surface area contributed by atoms with E-state index in [4.69, 9.17) is 4.74 Å². The number of aromatic nitrogens is 2. The largest absolute Gasteiger partial charge is 0.444 e. The van der Waals surface area contributed by atoms with Gasteiger partial charge in [-0.25, -0.2) is 15.3 Å². The van der Waals surface area contributed by atoms with Crippen molar-refractivity contribution in [3.63, 3.8) is 0 Å². The monoisotopic (exact) mass is 543 g/mol. The molecule has 2 heterocycles. The van der Waals surface area contributed by atoms with Crippen LogP contribution in [0.5, 0.6) is 0 Å². The fourth-order valence-electron chi connectivity index (χ4n) is 3.63. The molecule has 3 aromatic rings. The molecular weight excluding hydrogens is 510 g/mol. The molecule has 3 amide bonds. The summed E-state index contributed by atoms with van der Waals surface area (Å²) >= 11 is 0. The van der Waals surface area contributed by atoms with E-state index in [1.54, 1.807) is 50.8 Å². The molecule has 3 rings (SSSR count). The maximum atomic E-state index is 13.0. The van der Waals surface area contributed by atoms with Crippen LogP contribution in [0.1, 0.15) is 62.5 Å². The highest BCUT2D eigenvalue weighted by atomic mass is 16.6. The minimum absolute atomic E-state index is 0.0885. The van der Waals surface area contributed by atoms with Crippen molar-refractivity contribution in [1.82, 2.24) is 20.8 Å². The van der Waals surface area contributed by atoms with Gasteiger partial charge in [-0.3, -0.25) is 25.1 Å². The highest BCUT2D eigenvalue weighted by molar-refractivity contribution is 5.97. The number of benzene rings is 1. The molecule has 0 radical (unpaired) electrons. The normalized spacial score (nSPS) is 11.6. The van der Waals surface area contributed by atoms with Crippen molar-refractivity contribution in [2.75, 3.05) is 5.32 Å². The Kier molecular flexibility index (Phi) is 9.95. The van der Waals surface area contributed by atoms with Crippen molar-refractivity contribution in [2.24, 2.45) is 5.92 Å². The Balaban J connectivity index is 1.89. The van der Waals surface area contributed by atoms with Gasteiger partial charge in [0.15, 0.2) is 0 Å². The van der Waals surface area contributed by atoms with Crippen LogP contribution >= 0.6 is 0 Å². The van der Waals surface area contributed by atoms with Crippen LogP contribution in [0.15, 0.2) is 60.9 Å². The third-order valence-electron chi connectivity index (χ3n) is 5.35. The van der Waals surface area contributed by atoms with E-state index in [2.05, 4.69) is 32.4 Å². The number of hydrogen-bond acceptors (Lipinski definition) is 8. The van der Waals surface area contributed by atoms with Gasteiger partial charge in [0.25, 0.3) is 11.8 Å². The van der Waals surface area contributed by atoms with Crippen LogP contribution in [0.4, 0.5) is 10.6 Å². The van der Waals surface area contributed by atoms with Crippen molar-refractivity contribution in [3.8, 4) is 23.1 Å². The number of ether oxygens (including phenoxy) is 1. The number of alkyl carbamates (subject to hydrolysis) is 1. The van der Waals surface area contributed by atoms with Gasteiger partial charge in [-0.1, -0.05) is 37.8 Å². The number of nitrogens with zero attached hydrogens (tertiary/aromatic N) is 2. The summed E-state index contributed by atoms with van der Waals surface area (Å²) in [4.78, 5) is 46.1. The van der Waals surface area contributed by atoms with Gasteiger partial charge in [0.2, 0.25) is 0 Å². The van der Waals surface area contributed by atoms with Gasteiger partial charge < -0.3 is 10.1 Å². The zero-order valence-electron chi connectivity index (χ0n) is 23.1. The van der Waals surface area contributed by atoms with Gasteiger partial charge >= 0.3 is 6.09 Å². The molecule has 0 spiro atoms. The first kappa shape index (κ1) is 29.8. The lowest BCUT2D eigenvalue weighted by molar-refractivity contribution is -0.121.